The van der Waals surface area contributed by atoms with Crippen LogP contribution in [0.3, 0.4) is 0 Å². The summed E-state index contributed by atoms with van der Waals surface area (Å²) in [5.41, 5.74) is 5.69. The van der Waals surface area contributed by atoms with Crippen LogP contribution in [0, 0.1) is 20.8 Å². The summed E-state index contributed by atoms with van der Waals surface area (Å²) < 4.78 is 2.02. The van der Waals surface area contributed by atoms with Gasteiger partial charge < -0.3 is 10.6 Å². The number of rotatable bonds is 4. The Morgan fingerprint density at radius 2 is 1.86 bits per heavy atom. The molecule has 0 unspecified atom stereocenters. The molecular weight excluding hydrogens is 280 g/mol. The van der Waals surface area contributed by atoms with Gasteiger partial charge in [-0.2, -0.15) is 5.10 Å². The van der Waals surface area contributed by atoms with Crippen LogP contribution in [0.4, 0.5) is 5.69 Å². The van der Waals surface area contributed by atoms with E-state index in [0.29, 0.717) is 11.7 Å². The highest BCUT2D eigenvalue weighted by atomic mass is 32.1. The van der Waals surface area contributed by atoms with E-state index in [-0.39, 0.29) is 0 Å². The zero-order chi connectivity index (χ0) is 15.4. The lowest BCUT2D eigenvalue weighted by atomic mass is 10.2. The number of thiocarbonyl (C=S) groups is 1. The zero-order valence-electron chi connectivity index (χ0n) is 13.0. The molecule has 0 aliphatic heterocycles. The molecule has 2 aromatic rings. The van der Waals surface area contributed by atoms with Gasteiger partial charge in [-0.25, -0.2) is 0 Å². The fraction of sp³-hybridized carbons (Fsp3) is 0.375. The van der Waals surface area contributed by atoms with Crippen molar-refractivity contribution in [1.29, 1.82) is 0 Å². The first-order valence-electron chi connectivity index (χ1n) is 7.15. The normalized spacial score (nSPS) is 10.5. The van der Waals surface area contributed by atoms with Gasteiger partial charge in [-0.05, 0) is 52.0 Å². The lowest BCUT2D eigenvalue weighted by molar-refractivity contribution is 0.633. The minimum atomic E-state index is 0.627. The van der Waals surface area contributed by atoms with Gasteiger partial charge in [0.15, 0.2) is 5.11 Å². The van der Waals surface area contributed by atoms with Gasteiger partial charge in [0.05, 0.1) is 5.69 Å². The number of nitrogens with zero attached hydrogens (tertiary/aromatic N) is 2. The van der Waals surface area contributed by atoms with Crippen LogP contribution >= 0.6 is 12.2 Å². The van der Waals surface area contributed by atoms with Gasteiger partial charge in [-0.3, -0.25) is 4.68 Å². The molecule has 2 N–H and O–H groups in total. The highest BCUT2D eigenvalue weighted by molar-refractivity contribution is 7.80. The van der Waals surface area contributed by atoms with Crippen LogP contribution < -0.4 is 10.6 Å². The second-order valence-corrected chi connectivity index (χ2v) is 5.55. The first-order valence-corrected chi connectivity index (χ1v) is 7.56. The van der Waals surface area contributed by atoms with E-state index in [1.54, 1.807) is 0 Å². The molecule has 0 fully saturated rings. The van der Waals surface area contributed by atoms with Gasteiger partial charge in [0.25, 0.3) is 0 Å². The predicted molar refractivity (Wildman–Crippen MR) is 91.6 cm³/mol. The number of aromatic nitrogens is 2. The molecule has 0 saturated carbocycles. The first kappa shape index (κ1) is 15.5. The van der Waals surface area contributed by atoms with Gasteiger partial charge in [-0.1, -0.05) is 17.7 Å². The number of nitrogens with one attached hydrogen (secondary N) is 2. The molecule has 0 aliphatic rings. The Bertz CT molecular complexity index is 628. The fourth-order valence-corrected chi connectivity index (χ4v) is 2.47. The number of hydrogen-bond donors (Lipinski definition) is 2. The summed E-state index contributed by atoms with van der Waals surface area (Å²) >= 11 is 5.34. The summed E-state index contributed by atoms with van der Waals surface area (Å²) in [6.45, 7) is 9.87. The van der Waals surface area contributed by atoms with Gasteiger partial charge in [0.1, 0.15) is 0 Å². The molecule has 1 aromatic carbocycles. The van der Waals surface area contributed by atoms with Gasteiger partial charge in [0, 0.05) is 30.0 Å². The van der Waals surface area contributed by atoms with Crippen LogP contribution in [0.5, 0.6) is 0 Å². The Kier molecular flexibility index (Phi) is 4.96. The molecule has 0 spiro atoms. The fourth-order valence-electron chi connectivity index (χ4n) is 2.28. The van der Waals surface area contributed by atoms with E-state index in [4.69, 9.17) is 12.2 Å². The van der Waals surface area contributed by atoms with Crippen LogP contribution in [-0.2, 0) is 13.1 Å². The quantitative estimate of drug-likeness (QED) is 0.850. The van der Waals surface area contributed by atoms with E-state index in [1.807, 2.05) is 23.7 Å². The molecular formula is C16H22N4S. The number of benzene rings is 1. The number of anilines is 1. The average molecular weight is 302 g/mol. The SMILES string of the molecule is CCn1nc(C)c(CNC(=S)Nc2ccc(C)cc2)c1C. The van der Waals surface area contributed by atoms with Crippen molar-refractivity contribution in [3.8, 4) is 0 Å². The molecule has 1 heterocycles. The van der Waals surface area contributed by atoms with Crippen LogP contribution in [-0.4, -0.2) is 14.9 Å². The van der Waals surface area contributed by atoms with E-state index >= 15 is 0 Å². The molecule has 0 aliphatic carbocycles. The summed E-state index contributed by atoms with van der Waals surface area (Å²) in [5.74, 6) is 0. The van der Waals surface area contributed by atoms with Crippen molar-refractivity contribution in [2.75, 3.05) is 5.32 Å². The third-order valence-electron chi connectivity index (χ3n) is 3.57. The van der Waals surface area contributed by atoms with Gasteiger partial charge in [-0.15, -0.1) is 0 Å². The number of aryl methyl sites for hydroxylation is 3. The van der Waals surface area contributed by atoms with Crippen LogP contribution in [0.1, 0.15) is 29.4 Å². The molecule has 1 aromatic heterocycles. The average Bonchev–Trinajstić information content (AvgIpc) is 2.74. The summed E-state index contributed by atoms with van der Waals surface area (Å²) in [5, 5.41) is 11.6. The van der Waals surface area contributed by atoms with Crippen molar-refractivity contribution >= 4 is 23.0 Å². The minimum absolute atomic E-state index is 0.627. The minimum Gasteiger partial charge on any atom is -0.358 e. The third kappa shape index (κ3) is 3.82. The lowest BCUT2D eigenvalue weighted by Crippen LogP contribution is -2.28. The molecule has 5 heteroatoms. The van der Waals surface area contributed by atoms with E-state index in [9.17, 15) is 0 Å². The van der Waals surface area contributed by atoms with Crippen molar-refractivity contribution in [2.45, 2.75) is 40.8 Å². The van der Waals surface area contributed by atoms with Gasteiger partial charge >= 0.3 is 0 Å². The number of hydrogen-bond acceptors (Lipinski definition) is 2. The van der Waals surface area contributed by atoms with E-state index < -0.39 is 0 Å². The Balaban J connectivity index is 1.95. The maximum Gasteiger partial charge on any atom is 0.171 e. The first-order chi connectivity index (χ1) is 10.0. The van der Waals surface area contributed by atoms with Crippen molar-refractivity contribution in [2.24, 2.45) is 0 Å². The second kappa shape index (κ2) is 6.72. The summed E-state index contributed by atoms with van der Waals surface area (Å²) in [6, 6.07) is 8.17. The Hall–Kier alpha value is -1.88. The largest absolute Gasteiger partial charge is 0.358 e. The monoisotopic (exact) mass is 302 g/mol. The van der Waals surface area contributed by atoms with Crippen LogP contribution in [0.2, 0.25) is 0 Å². The molecule has 0 atom stereocenters. The van der Waals surface area contributed by atoms with Crippen LogP contribution in [0.25, 0.3) is 0 Å². The standard InChI is InChI=1S/C16H22N4S/c1-5-20-13(4)15(12(3)19-20)10-17-16(21)18-14-8-6-11(2)7-9-14/h6-9H,5,10H2,1-4H3,(H2,17,18,21). The summed E-state index contributed by atoms with van der Waals surface area (Å²) in [6.07, 6.45) is 0. The molecule has 0 amide bonds. The van der Waals surface area contributed by atoms with Crippen molar-refractivity contribution in [3.05, 3.63) is 46.8 Å². The Morgan fingerprint density at radius 1 is 1.19 bits per heavy atom. The van der Waals surface area contributed by atoms with Crippen molar-refractivity contribution < 1.29 is 0 Å². The highest BCUT2D eigenvalue weighted by Gasteiger charge is 2.10. The van der Waals surface area contributed by atoms with Gasteiger partial charge in [0.2, 0.25) is 0 Å². The smallest absolute Gasteiger partial charge is 0.171 e. The molecule has 0 radical (unpaired) electrons. The topological polar surface area (TPSA) is 41.9 Å². The molecule has 21 heavy (non-hydrogen) atoms. The molecule has 2 rings (SSSR count). The second-order valence-electron chi connectivity index (χ2n) is 5.14. The summed E-state index contributed by atoms with van der Waals surface area (Å²) in [4.78, 5) is 0. The highest BCUT2D eigenvalue weighted by Crippen LogP contribution is 2.13. The van der Waals surface area contributed by atoms with E-state index in [1.165, 1.54) is 16.8 Å². The van der Waals surface area contributed by atoms with E-state index in [2.05, 4.69) is 48.6 Å². The van der Waals surface area contributed by atoms with Crippen molar-refractivity contribution in [3.63, 3.8) is 0 Å². The molecule has 0 bridgehead atoms. The molecule has 0 saturated heterocycles. The maximum absolute atomic E-state index is 5.34. The van der Waals surface area contributed by atoms with Crippen molar-refractivity contribution in [1.82, 2.24) is 15.1 Å². The predicted octanol–water partition coefficient (Wildman–Crippen LogP) is 3.31. The molecule has 4 nitrogen and oxygen atoms in total. The maximum atomic E-state index is 5.34. The third-order valence-corrected chi connectivity index (χ3v) is 3.81. The molecule has 112 valence electrons. The Morgan fingerprint density at radius 3 is 2.43 bits per heavy atom. The van der Waals surface area contributed by atoms with E-state index in [0.717, 1.165) is 17.9 Å². The summed E-state index contributed by atoms with van der Waals surface area (Å²) in [7, 11) is 0. The lowest BCUT2D eigenvalue weighted by Gasteiger charge is -2.11. The van der Waals surface area contributed by atoms with Crippen LogP contribution in [0.15, 0.2) is 24.3 Å². The Labute approximate surface area is 131 Å². The zero-order valence-corrected chi connectivity index (χ0v) is 13.8.